The normalized spacial score (nSPS) is 10.8. The van der Waals surface area contributed by atoms with Crippen molar-refractivity contribution >= 4 is 22.9 Å². The lowest BCUT2D eigenvalue weighted by atomic mass is 10.2. The fourth-order valence-electron chi connectivity index (χ4n) is 1.93. The van der Waals surface area contributed by atoms with E-state index in [0.717, 1.165) is 5.69 Å². The summed E-state index contributed by atoms with van der Waals surface area (Å²) in [4.78, 5) is 19.7. The van der Waals surface area contributed by atoms with Gasteiger partial charge >= 0.3 is 0 Å². The highest BCUT2D eigenvalue weighted by atomic mass is 32.1. The van der Waals surface area contributed by atoms with Crippen molar-refractivity contribution in [1.29, 1.82) is 0 Å². The predicted molar refractivity (Wildman–Crippen MR) is 82.4 cm³/mol. The molecule has 106 valence electrons. The van der Waals surface area contributed by atoms with E-state index in [0.29, 0.717) is 18.7 Å². The molecule has 2 heterocycles. The molecule has 1 amide bonds. The molecular formula is C15H19N3OS. The quantitative estimate of drug-likeness (QED) is 0.920. The van der Waals surface area contributed by atoms with Crippen LogP contribution < -0.4 is 5.73 Å². The molecule has 0 spiro atoms. The molecular weight excluding hydrogens is 270 g/mol. The molecule has 0 saturated heterocycles. The third kappa shape index (κ3) is 3.81. The molecule has 0 unspecified atom stereocenters. The smallest absolute Gasteiger partial charge is 0.229 e. The van der Waals surface area contributed by atoms with E-state index in [1.165, 1.54) is 4.88 Å². The Hall–Kier alpha value is -1.88. The van der Waals surface area contributed by atoms with Gasteiger partial charge in [0.1, 0.15) is 0 Å². The molecule has 0 radical (unpaired) electrons. The lowest BCUT2D eigenvalue weighted by Gasteiger charge is -2.26. The fraction of sp³-hybridized carbons (Fsp3) is 0.333. The maximum atomic E-state index is 12.4. The molecule has 20 heavy (non-hydrogen) atoms. The van der Waals surface area contributed by atoms with Crippen molar-refractivity contribution < 1.29 is 4.79 Å². The maximum Gasteiger partial charge on any atom is 0.229 e. The number of thiophene rings is 1. The first kappa shape index (κ1) is 14.5. The molecule has 2 aromatic rings. The van der Waals surface area contributed by atoms with Crippen molar-refractivity contribution in [2.75, 3.05) is 5.73 Å². The zero-order valence-electron chi connectivity index (χ0n) is 11.7. The Kier molecular flexibility index (Phi) is 4.74. The van der Waals surface area contributed by atoms with Gasteiger partial charge < -0.3 is 10.6 Å². The molecule has 2 aromatic heterocycles. The van der Waals surface area contributed by atoms with Gasteiger partial charge in [0.2, 0.25) is 5.91 Å². The average Bonchev–Trinajstić information content (AvgIpc) is 2.91. The highest BCUT2D eigenvalue weighted by Crippen LogP contribution is 2.15. The molecule has 0 fully saturated rings. The van der Waals surface area contributed by atoms with Gasteiger partial charge in [-0.15, -0.1) is 11.3 Å². The summed E-state index contributed by atoms with van der Waals surface area (Å²) in [6.07, 6.45) is 1.89. The molecule has 0 bridgehead atoms. The first-order valence-electron chi connectivity index (χ1n) is 6.58. The average molecular weight is 289 g/mol. The molecule has 0 atom stereocenters. The topological polar surface area (TPSA) is 59.2 Å². The lowest BCUT2D eigenvalue weighted by molar-refractivity contribution is -0.132. The van der Waals surface area contributed by atoms with Crippen LogP contribution in [0.25, 0.3) is 0 Å². The number of rotatable bonds is 5. The van der Waals surface area contributed by atoms with Crippen LogP contribution in [0.4, 0.5) is 5.69 Å². The van der Waals surface area contributed by atoms with Gasteiger partial charge in [-0.05, 0) is 37.4 Å². The summed E-state index contributed by atoms with van der Waals surface area (Å²) < 4.78 is 0. The van der Waals surface area contributed by atoms with Crippen molar-refractivity contribution in [3.05, 3.63) is 46.4 Å². The number of aromatic nitrogens is 1. The van der Waals surface area contributed by atoms with E-state index < -0.39 is 0 Å². The summed E-state index contributed by atoms with van der Waals surface area (Å²) in [5.74, 6) is 0.0886. The van der Waals surface area contributed by atoms with Gasteiger partial charge in [-0.25, -0.2) is 0 Å². The summed E-state index contributed by atoms with van der Waals surface area (Å²) in [6, 6.07) is 7.79. The van der Waals surface area contributed by atoms with Crippen LogP contribution in [0.5, 0.6) is 0 Å². The minimum absolute atomic E-state index is 0.0886. The molecule has 2 rings (SSSR count). The Morgan fingerprint density at radius 2 is 2.20 bits per heavy atom. The van der Waals surface area contributed by atoms with E-state index in [9.17, 15) is 4.79 Å². The van der Waals surface area contributed by atoms with Gasteiger partial charge in [-0.1, -0.05) is 6.07 Å². The van der Waals surface area contributed by atoms with E-state index in [-0.39, 0.29) is 11.9 Å². The van der Waals surface area contributed by atoms with Crippen molar-refractivity contribution in [3.63, 3.8) is 0 Å². The fourth-order valence-corrected chi connectivity index (χ4v) is 2.63. The molecule has 0 aliphatic rings. The number of hydrogen-bond donors (Lipinski definition) is 1. The van der Waals surface area contributed by atoms with Gasteiger partial charge in [-0.3, -0.25) is 9.78 Å². The first-order chi connectivity index (χ1) is 9.56. The second kappa shape index (κ2) is 6.52. The van der Waals surface area contributed by atoms with E-state index in [2.05, 4.69) is 11.1 Å². The number of pyridine rings is 1. The van der Waals surface area contributed by atoms with Crippen LogP contribution in [-0.2, 0) is 17.8 Å². The highest BCUT2D eigenvalue weighted by Gasteiger charge is 2.18. The predicted octanol–water partition coefficient (Wildman–Crippen LogP) is 2.71. The summed E-state index contributed by atoms with van der Waals surface area (Å²) in [6.45, 7) is 4.72. The van der Waals surface area contributed by atoms with Gasteiger partial charge in [0.05, 0.1) is 24.8 Å². The SMILES string of the molecule is CC(C)N(Cc1cccs1)C(=O)Cc1ccc(N)cn1. The Morgan fingerprint density at radius 3 is 2.75 bits per heavy atom. The third-order valence-corrected chi connectivity index (χ3v) is 3.89. The third-order valence-electron chi connectivity index (χ3n) is 3.03. The zero-order valence-corrected chi connectivity index (χ0v) is 12.6. The molecule has 0 aliphatic heterocycles. The minimum atomic E-state index is 0.0886. The standard InChI is InChI=1S/C15H19N3OS/c1-11(2)18(10-14-4-3-7-20-14)15(19)8-13-6-5-12(16)9-17-13/h3-7,9,11H,8,10,16H2,1-2H3. The maximum absolute atomic E-state index is 12.4. The minimum Gasteiger partial charge on any atom is -0.397 e. The Bertz CT molecular complexity index is 549. The zero-order chi connectivity index (χ0) is 14.5. The monoisotopic (exact) mass is 289 g/mol. The van der Waals surface area contributed by atoms with Crippen LogP contribution in [0.15, 0.2) is 35.8 Å². The van der Waals surface area contributed by atoms with E-state index in [1.54, 1.807) is 29.7 Å². The molecule has 4 nitrogen and oxygen atoms in total. The van der Waals surface area contributed by atoms with Crippen LogP contribution in [0.3, 0.4) is 0 Å². The lowest BCUT2D eigenvalue weighted by Crippen LogP contribution is -2.37. The van der Waals surface area contributed by atoms with Crippen molar-refractivity contribution in [3.8, 4) is 0 Å². The first-order valence-corrected chi connectivity index (χ1v) is 7.46. The number of carbonyl (C=O) groups excluding carboxylic acids is 1. The van der Waals surface area contributed by atoms with E-state index in [4.69, 9.17) is 5.73 Å². The largest absolute Gasteiger partial charge is 0.397 e. The molecule has 0 saturated carbocycles. The van der Waals surface area contributed by atoms with Crippen molar-refractivity contribution in [1.82, 2.24) is 9.88 Å². The number of carbonyl (C=O) groups is 1. The second-order valence-corrected chi connectivity index (χ2v) is 5.99. The number of hydrogen-bond acceptors (Lipinski definition) is 4. The van der Waals surface area contributed by atoms with E-state index >= 15 is 0 Å². The van der Waals surface area contributed by atoms with Crippen molar-refractivity contribution in [2.45, 2.75) is 32.9 Å². The Morgan fingerprint density at radius 1 is 1.40 bits per heavy atom. The van der Waals surface area contributed by atoms with Crippen LogP contribution in [0.2, 0.25) is 0 Å². The number of anilines is 1. The Labute approximate surface area is 123 Å². The van der Waals surface area contributed by atoms with Crippen LogP contribution in [0, 0.1) is 0 Å². The van der Waals surface area contributed by atoms with Gasteiger partial charge in [-0.2, -0.15) is 0 Å². The number of amides is 1. The summed E-state index contributed by atoms with van der Waals surface area (Å²) in [7, 11) is 0. The van der Waals surface area contributed by atoms with Gasteiger partial charge in [0.25, 0.3) is 0 Å². The molecule has 0 aromatic carbocycles. The van der Waals surface area contributed by atoms with E-state index in [1.807, 2.05) is 30.2 Å². The summed E-state index contributed by atoms with van der Waals surface area (Å²) >= 11 is 1.67. The van der Waals surface area contributed by atoms with Gasteiger partial charge in [0.15, 0.2) is 0 Å². The van der Waals surface area contributed by atoms with Crippen LogP contribution >= 0.6 is 11.3 Å². The summed E-state index contributed by atoms with van der Waals surface area (Å²) in [5, 5.41) is 2.03. The van der Waals surface area contributed by atoms with Crippen molar-refractivity contribution in [2.24, 2.45) is 0 Å². The molecule has 0 aliphatic carbocycles. The number of nitrogens with two attached hydrogens (primary N) is 1. The van der Waals surface area contributed by atoms with Crippen LogP contribution in [-0.4, -0.2) is 21.8 Å². The van der Waals surface area contributed by atoms with Gasteiger partial charge in [0, 0.05) is 16.6 Å². The summed E-state index contributed by atoms with van der Waals surface area (Å²) in [5.41, 5.74) is 6.96. The van der Waals surface area contributed by atoms with Crippen LogP contribution in [0.1, 0.15) is 24.4 Å². The Balaban J connectivity index is 2.05. The molecule has 2 N–H and O–H groups in total. The second-order valence-electron chi connectivity index (χ2n) is 4.95. The highest BCUT2D eigenvalue weighted by molar-refractivity contribution is 7.09. The number of nitrogens with zero attached hydrogens (tertiary/aromatic N) is 2. The molecule has 5 heteroatoms. The number of nitrogen functional groups attached to an aromatic ring is 1.